The molecule has 0 aliphatic carbocycles. The molecule has 0 unspecified atom stereocenters. The third kappa shape index (κ3) is 2.41. The Hall–Kier alpha value is -1.98. The SMILES string of the molecule is CCCCOc1cc(N)c2nc(OC)[nH]c2n1. The van der Waals surface area contributed by atoms with Crippen molar-refractivity contribution in [2.45, 2.75) is 19.8 Å². The highest BCUT2D eigenvalue weighted by Gasteiger charge is 2.09. The number of hydrogen-bond acceptors (Lipinski definition) is 5. The number of anilines is 1. The minimum atomic E-state index is 0.393. The first-order valence-electron chi connectivity index (χ1n) is 5.57. The molecular weight excluding hydrogens is 220 g/mol. The summed E-state index contributed by atoms with van der Waals surface area (Å²) < 4.78 is 10.5. The van der Waals surface area contributed by atoms with Crippen LogP contribution in [0.3, 0.4) is 0 Å². The fourth-order valence-electron chi connectivity index (χ4n) is 1.46. The van der Waals surface area contributed by atoms with E-state index in [9.17, 15) is 0 Å². The number of aromatic nitrogens is 3. The smallest absolute Gasteiger partial charge is 0.295 e. The summed E-state index contributed by atoms with van der Waals surface area (Å²) in [6.07, 6.45) is 2.07. The molecule has 0 atom stereocenters. The van der Waals surface area contributed by atoms with E-state index in [1.807, 2.05) is 0 Å². The maximum atomic E-state index is 5.87. The molecule has 6 nitrogen and oxygen atoms in total. The predicted molar refractivity (Wildman–Crippen MR) is 65.3 cm³/mol. The number of hydrogen-bond donors (Lipinski definition) is 2. The third-order valence-corrected chi connectivity index (χ3v) is 2.38. The van der Waals surface area contributed by atoms with Crippen LogP contribution in [0.1, 0.15) is 19.8 Å². The van der Waals surface area contributed by atoms with Crippen LogP contribution in [0.15, 0.2) is 6.07 Å². The Bertz CT molecular complexity index is 509. The fourth-order valence-corrected chi connectivity index (χ4v) is 1.46. The Morgan fingerprint density at radius 1 is 1.41 bits per heavy atom. The molecule has 0 radical (unpaired) electrons. The molecule has 2 aromatic heterocycles. The number of methoxy groups -OCH3 is 1. The highest BCUT2D eigenvalue weighted by Crippen LogP contribution is 2.24. The molecule has 92 valence electrons. The zero-order valence-corrected chi connectivity index (χ0v) is 9.99. The molecule has 2 rings (SSSR count). The van der Waals surface area contributed by atoms with Gasteiger partial charge >= 0.3 is 0 Å². The van der Waals surface area contributed by atoms with Gasteiger partial charge in [0, 0.05) is 6.07 Å². The number of H-pyrrole nitrogens is 1. The second-order valence-electron chi connectivity index (χ2n) is 3.70. The summed E-state index contributed by atoms with van der Waals surface area (Å²) in [5.74, 6) is 0.509. The molecule has 0 spiro atoms. The van der Waals surface area contributed by atoms with Crippen LogP contribution >= 0.6 is 0 Å². The average Bonchev–Trinajstić information content (AvgIpc) is 2.73. The van der Waals surface area contributed by atoms with Crippen molar-refractivity contribution < 1.29 is 9.47 Å². The Labute approximate surface area is 99.2 Å². The van der Waals surface area contributed by atoms with Gasteiger partial charge in [-0.3, -0.25) is 4.98 Å². The van der Waals surface area contributed by atoms with Gasteiger partial charge in [0.2, 0.25) is 5.88 Å². The second kappa shape index (κ2) is 4.90. The molecule has 0 fully saturated rings. The van der Waals surface area contributed by atoms with E-state index in [-0.39, 0.29) is 0 Å². The first-order chi connectivity index (χ1) is 8.24. The number of pyridine rings is 1. The number of nitrogens with zero attached hydrogens (tertiary/aromatic N) is 2. The van der Waals surface area contributed by atoms with Crippen LogP contribution < -0.4 is 15.2 Å². The van der Waals surface area contributed by atoms with Crippen molar-refractivity contribution >= 4 is 16.9 Å². The number of unbranched alkanes of at least 4 members (excludes halogenated alkanes) is 1. The number of imidazole rings is 1. The van der Waals surface area contributed by atoms with E-state index in [2.05, 4.69) is 21.9 Å². The summed E-state index contributed by atoms with van der Waals surface area (Å²) in [7, 11) is 1.53. The van der Waals surface area contributed by atoms with Crippen molar-refractivity contribution in [1.29, 1.82) is 0 Å². The number of ether oxygens (including phenoxy) is 2. The number of fused-ring (bicyclic) bond motifs is 1. The highest BCUT2D eigenvalue weighted by molar-refractivity contribution is 5.85. The van der Waals surface area contributed by atoms with Crippen molar-refractivity contribution in [3.05, 3.63) is 6.07 Å². The van der Waals surface area contributed by atoms with Gasteiger partial charge in [-0.15, -0.1) is 0 Å². The zero-order chi connectivity index (χ0) is 12.3. The van der Waals surface area contributed by atoms with E-state index in [0.717, 1.165) is 12.8 Å². The highest BCUT2D eigenvalue weighted by atomic mass is 16.5. The second-order valence-corrected chi connectivity index (χ2v) is 3.70. The molecule has 3 N–H and O–H groups in total. The van der Waals surface area contributed by atoms with Crippen LogP contribution in [0.25, 0.3) is 11.2 Å². The van der Waals surface area contributed by atoms with Gasteiger partial charge in [0.15, 0.2) is 5.65 Å². The lowest BCUT2D eigenvalue weighted by Gasteiger charge is -2.04. The van der Waals surface area contributed by atoms with E-state index < -0.39 is 0 Å². The van der Waals surface area contributed by atoms with Gasteiger partial charge in [-0.25, -0.2) is 0 Å². The molecule has 0 aliphatic rings. The van der Waals surface area contributed by atoms with E-state index >= 15 is 0 Å². The van der Waals surface area contributed by atoms with Crippen LogP contribution in [0, 0.1) is 0 Å². The van der Waals surface area contributed by atoms with Gasteiger partial charge in [-0.05, 0) is 6.42 Å². The maximum absolute atomic E-state index is 5.87. The van der Waals surface area contributed by atoms with Crippen LogP contribution in [0.4, 0.5) is 5.69 Å². The molecule has 0 saturated carbocycles. The standard InChI is InChI=1S/C11H16N4O2/c1-3-4-5-17-8-6-7(12)9-10(13-8)15-11(14-9)16-2/h6H,3-5H2,1-2H3,(H3,12,13,14,15). The molecule has 0 amide bonds. The van der Waals surface area contributed by atoms with Gasteiger partial charge in [0.1, 0.15) is 5.52 Å². The van der Waals surface area contributed by atoms with Crippen molar-refractivity contribution in [3.8, 4) is 11.9 Å². The fraction of sp³-hybridized carbons (Fsp3) is 0.455. The van der Waals surface area contributed by atoms with Gasteiger partial charge in [-0.1, -0.05) is 13.3 Å². The summed E-state index contributed by atoms with van der Waals surface area (Å²) in [6, 6.07) is 2.07. The molecule has 0 bridgehead atoms. The van der Waals surface area contributed by atoms with Gasteiger partial charge < -0.3 is 15.2 Å². The molecular formula is C11H16N4O2. The minimum Gasteiger partial charge on any atom is -0.478 e. The van der Waals surface area contributed by atoms with Gasteiger partial charge in [0.25, 0.3) is 6.01 Å². The van der Waals surface area contributed by atoms with Crippen LogP contribution in [0.5, 0.6) is 11.9 Å². The molecule has 6 heteroatoms. The topological polar surface area (TPSA) is 86.0 Å². The van der Waals surface area contributed by atoms with Crippen molar-refractivity contribution in [1.82, 2.24) is 15.0 Å². The Balaban J connectivity index is 2.27. The molecule has 2 heterocycles. The van der Waals surface area contributed by atoms with E-state index in [1.165, 1.54) is 7.11 Å². The maximum Gasteiger partial charge on any atom is 0.295 e. The summed E-state index contributed by atoms with van der Waals surface area (Å²) >= 11 is 0. The Morgan fingerprint density at radius 2 is 2.24 bits per heavy atom. The van der Waals surface area contributed by atoms with Gasteiger partial charge in [0.05, 0.1) is 19.4 Å². The van der Waals surface area contributed by atoms with Crippen LogP contribution in [-0.4, -0.2) is 28.7 Å². The van der Waals surface area contributed by atoms with E-state index in [4.69, 9.17) is 15.2 Å². The van der Waals surface area contributed by atoms with Crippen molar-refractivity contribution in [2.75, 3.05) is 19.5 Å². The lowest BCUT2D eigenvalue weighted by Crippen LogP contribution is -2.00. The number of nitrogens with two attached hydrogens (primary N) is 1. The summed E-state index contributed by atoms with van der Waals surface area (Å²) in [4.78, 5) is 11.3. The van der Waals surface area contributed by atoms with E-state index in [0.29, 0.717) is 35.3 Å². The normalized spacial score (nSPS) is 10.7. The van der Waals surface area contributed by atoms with E-state index in [1.54, 1.807) is 6.07 Å². The molecule has 0 aromatic carbocycles. The summed E-state index contributed by atoms with van der Waals surface area (Å²) in [6.45, 7) is 2.74. The summed E-state index contributed by atoms with van der Waals surface area (Å²) in [5.41, 5.74) is 7.58. The molecule has 0 aliphatic heterocycles. The monoisotopic (exact) mass is 236 g/mol. The third-order valence-electron chi connectivity index (χ3n) is 2.38. The number of nitrogens with one attached hydrogen (secondary N) is 1. The number of rotatable bonds is 5. The largest absolute Gasteiger partial charge is 0.478 e. The number of nitrogen functional groups attached to an aromatic ring is 1. The average molecular weight is 236 g/mol. The Kier molecular flexibility index (Phi) is 3.32. The first kappa shape index (κ1) is 11.5. The van der Waals surface area contributed by atoms with Crippen LogP contribution in [-0.2, 0) is 0 Å². The lowest BCUT2D eigenvalue weighted by atomic mass is 10.3. The van der Waals surface area contributed by atoms with Gasteiger partial charge in [-0.2, -0.15) is 9.97 Å². The lowest BCUT2D eigenvalue weighted by molar-refractivity contribution is 0.299. The predicted octanol–water partition coefficient (Wildman–Crippen LogP) is 1.73. The van der Waals surface area contributed by atoms with Crippen molar-refractivity contribution in [2.24, 2.45) is 0 Å². The summed E-state index contributed by atoms with van der Waals surface area (Å²) in [5, 5.41) is 0. The molecule has 0 saturated heterocycles. The zero-order valence-electron chi connectivity index (χ0n) is 9.99. The number of aromatic amines is 1. The molecule has 2 aromatic rings. The Morgan fingerprint density at radius 3 is 2.94 bits per heavy atom. The van der Waals surface area contributed by atoms with Crippen LogP contribution in [0.2, 0.25) is 0 Å². The molecule has 17 heavy (non-hydrogen) atoms. The first-order valence-corrected chi connectivity index (χ1v) is 5.57. The van der Waals surface area contributed by atoms with Crippen molar-refractivity contribution in [3.63, 3.8) is 0 Å². The minimum absolute atomic E-state index is 0.393. The quantitative estimate of drug-likeness (QED) is 0.772.